The van der Waals surface area contributed by atoms with Crippen LogP contribution >= 0.6 is 0 Å². The predicted molar refractivity (Wildman–Crippen MR) is 102 cm³/mol. The fourth-order valence-corrected chi connectivity index (χ4v) is 2.42. The van der Waals surface area contributed by atoms with Crippen LogP contribution in [-0.2, 0) is 0 Å². The number of carbonyl (C=O) groups excluding carboxylic acids is 1. The van der Waals surface area contributed by atoms with Gasteiger partial charge in [-0.1, -0.05) is 6.07 Å². The summed E-state index contributed by atoms with van der Waals surface area (Å²) in [6.07, 6.45) is 1.68. The molecule has 1 amide bonds. The van der Waals surface area contributed by atoms with E-state index >= 15 is 0 Å². The van der Waals surface area contributed by atoms with Crippen LogP contribution < -0.4 is 15.8 Å². The van der Waals surface area contributed by atoms with Crippen molar-refractivity contribution in [1.82, 2.24) is 9.88 Å². The lowest BCUT2D eigenvalue weighted by Gasteiger charge is -2.10. The Hall–Kier alpha value is -3.06. The van der Waals surface area contributed by atoms with Gasteiger partial charge in [-0.25, -0.2) is 4.98 Å². The zero-order valence-corrected chi connectivity index (χ0v) is 15.1. The third-order valence-electron chi connectivity index (χ3n) is 3.86. The van der Waals surface area contributed by atoms with Crippen molar-refractivity contribution in [3.05, 3.63) is 47.9 Å². The number of hydrogen-bond donors (Lipinski definition) is 2. The third-order valence-corrected chi connectivity index (χ3v) is 3.86. The Morgan fingerprint density at radius 3 is 2.81 bits per heavy atom. The maximum atomic E-state index is 12.5. The van der Waals surface area contributed by atoms with Crippen LogP contribution in [0.5, 0.6) is 5.75 Å². The average molecular weight is 354 g/mol. The standard InChI is InChI=1S/C19H22N4O3/c1-12-4-7-16(21-11-12)22-19(24)18-17(20)14-10-13(5-6-15(14)26-18)25-9-8-23(2)3/h4-7,10-11H,8-9,20H2,1-3H3,(H,21,22,24). The number of nitrogens with one attached hydrogen (secondary N) is 1. The van der Waals surface area contributed by atoms with Crippen LogP contribution in [0, 0.1) is 6.92 Å². The van der Waals surface area contributed by atoms with Gasteiger partial charge in [-0.2, -0.15) is 0 Å². The molecule has 7 nitrogen and oxygen atoms in total. The summed E-state index contributed by atoms with van der Waals surface area (Å²) in [6, 6.07) is 8.91. The minimum atomic E-state index is -0.440. The Kier molecular flexibility index (Phi) is 5.09. The van der Waals surface area contributed by atoms with Crippen LogP contribution in [0.25, 0.3) is 11.0 Å². The fourth-order valence-electron chi connectivity index (χ4n) is 2.42. The molecule has 0 spiro atoms. The molecular weight excluding hydrogens is 332 g/mol. The van der Waals surface area contributed by atoms with Gasteiger partial charge in [0.25, 0.3) is 5.91 Å². The van der Waals surface area contributed by atoms with Gasteiger partial charge in [-0.05, 0) is 50.8 Å². The maximum absolute atomic E-state index is 12.5. The number of anilines is 2. The number of benzene rings is 1. The van der Waals surface area contributed by atoms with E-state index in [1.165, 1.54) is 0 Å². The zero-order valence-electron chi connectivity index (χ0n) is 15.1. The summed E-state index contributed by atoms with van der Waals surface area (Å²) in [6.45, 7) is 3.28. The quantitative estimate of drug-likeness (QED) is 0.707. The third kappa shape index (κ3) is 3.94. The summed E-state index contributed by atoms with van der Waals surface area (Å²) in [5.74, 6) is 0.741. The molecule has 3 rings (SSSR count). The van der Waals surface area contributed by atoms with Crippen LogP contribution in [0.3, 0.4) is 0 Å². The number of fused-ring (bicyclic) bond motifs is 1. The molecule has 26 heavy (non-hydrogen) atoms. The molecule has 136 valence electrons. The van der Waals surface area contributed by atoms with Crippen molar-refractivity contribution in [3.8, 4) is 5.75 Å². The highest BCUT2D eigenvalue weighted by Gasteiger charge is 2.19. The van der Waals surface area contributed by atoms with E-state index in [0.29, 0.717) is 29.1 Å². The maximum Gasteiger partial charge on any atom is 0.294 e. The number of rotatable bonds is 6. The average Bonchev–Trinajstić information content (AvgIpc) is 2.93. The van der Waals surface area contributed by atoms with Crippen molar-refractivity contribution in [2.75, 3.05) is 38.3 Å². The number of amides is 1. The number of pyridine rings is 1. The Morgan fingerprint density at radius 1 is 1.31 bits per heavy atom. The highest BCUT2D eigenvalue weighted by atomic mass is 16.5. The molecule has 3 N–H and O–H groups in total. The first-order chi connectivity index (χ1) is 12.4. The summed E-state index contributed by atoms with van der Waals surface area (Å²) in [4.78, 5) is 18.6. The van der Waals surface area contributed by atoms with E-state index in [1.54, 1.807) is 30.5 Å². The second-order valence-electron chi connectivity index (χ2n) is 6.33. The fraction of sp³-hybridized carbons (Fsp3) is 0.263. The molecule has 0 saturated carbocycles. The summed E-state index contributed by atoms with van der Waals surface area (Å²) in [7, 11) is 3.96. The topological polar surface area (TPSA) is 93.6 Å². The van der Waals surface area contributed by atoms with Crippen molar-refractivity contribution in [2.24, 2.45) is 0 Å². The molecule has 0 unspecified atom stereocenters. The van der Waals surface area contributed by atoms with Gasteiger partial charge in [-0.3, -0.25) is 4.79 Å². The van der Waals surface area contributed by atoms with E-state index in [1.807, 2.05) is 32.0 Å². The molecule has 0 saturated heterocycles. The van der Waals surface area contributed by atoms with Crippen LogP contribution in [0.15, 0.2) is 40.9 Å². The van der Waals surface area contributed by atoms with Gasteiger partial charge in [0.1, 0.15) is 23.8 Å². The highest BCUT2D eigenvalue weighted by Crippen LogP contribution is 2.31. The largest absolute Gasteiger partial charge is 0.492 e. The number of nitrogen functional groups attached to an aromatic ring is 1. The molecular formula is C19H22N4O3. The van der Waals surface area contributed by atoms with Crippen molar-refractivity contribution >= 4 is 28.4 Å². The van der Waals surface area contributed by atoms with Gasteiger partial charge >= 0.3 is 0 Å². The highest BCUT2D eigenvalue weighted by molar-refractivity contribution is 6.10. The summed E-state index contributed by atoms with van der Waals surface area (Å²) in [5, 5.41) is 3.34. The number of ether oxygens (including phenoxy) is 1. The molecule has 2 aromatic heterocycles. The summed E-state index contributed by atoms with van der Waals surface area (Å²) >= 11 is 0. The van der Waals surface area contributed by atoms with Crippen molar-refractivity contribution in [1.29, 1.82) is 0 Å². The number of nitrogens with zero attached hydrogens (tertiary/aromatic N) is 2. The van der Waals surface area contributed by atoms with E-state index in [-0.39, 0.29) is 11.4 Å². The lowest BCUT2D eigenvalue weighted by atomic mass is 10.2. The lowest BCUT2D eigenvalue weighted by molar-refractivity contribution is 0.0999. The molecule has 7 heteroatoms. The number of aromatic nitrogens is 1. The van der Waals surface area contributed by atoms with E-state index < -0.39 is 5.91 Å². The van der Waals surface area contributed by atoms with Crippen LogP contribution in [-0.4, -0.2) is 43.0 Å². The van der Waals surface area contributed by atoms with Crippen molar-refractivity contribution in [3.63, 3.8) is 0 Å². The van der Waals surface area contributed by atoms with E-state index in [4.69, 9.17) is 14.9 Å². The minimum absolute atomic E-state index is 0.0628. The van der Waals surface area contributed by atoms with Gasteiger partial charge in [-0.15, -0.1) is 0 Å². The molecule has 3 aromatic rings. The molecule has 1 aromatic carbocycles. The van der Waals surface area contributed by atoms with Crippen molar-refractivity contribution < 1.29 is 13.9 Å². The normalized spacial score (nSPS) is 11.1. The second-order valence-corrected chi connectivity index (χ2v) is 6.33. The van der Waals surface area contributed by atoms with Gasteiger partial charge in [0.2, 0.25) is 5.76 Å². The molecule has 0 radical (unpaired) electrons. The molecule has 0 aliphatic carbocycles. The molecule has 0 aliphatic heterocycles. The number of aryl methyl sites for hydroxylation is 1. The van der Waals surface area contributed by atoms with E-state index in [2.05, 4.69) is 10.3 Å². The lowest BCUT2D eigenvalue weighted by Crippen LogP contribution is -2.19. The van der Waals surface area contributed by atoms with E-state index in [9.17, 15) is 4.79 Å². The Balaban J connectivity index is 1.79. The molecule has 2 heterocycles. The van der Waals surface area contributed by atoms with Crippen LogP contribution in [0.4, 0.5) is 11.5 Å². The first-order valence-electron chi connectivity index (χ1n) is 8.27. The molecule has 0 bridgehead atoms. The van der Waals surface area contributed by atoms with Crippen LogP contribution in [0.1, 0.15) is 16.1 Å². The van der Waals surface area contributed by atoms with Crippen LogP contribution in [0.2, 0.25) is 0 Å². The molecule has 0 fully saturated rings. The Bertz CT molecular complexity index is 916. The number of furan rings is 1. The molecule has 0 aliphatic rings. The number of nitrogens with two attached hydrogens (primary N) is 1. The SMILES string of the molecule is Cc1ccc(NC(=O)c2oc3ccc(OCCN(C)C)cc3c2N)nc1. The van der Waals surface area contributed by atoms with Gasteiger partial charge in [0, 0.05) is 18.1 Å². The summed E-state index contributed by atoms with van der Waals surface area (Å²) < 4.78 is 11.3. The monoisotopic (exact) mass is 354 g/mol. The second kappa shape index (κ2) is 7.45. The van der Waals surface area contributed by atoms with E-state index in [0.717, 1.165) is 12.1 Å². The van der Waals surface area contributed by atoms with Gasteiger partial charge in [0.15, 0.2) is 0 Å². The number of carbonyl (C=O) groups is 1. The van der Waals surface area contributed by atoms with Gasteiger partial charge in [0.05, 0.1) is 5.69 Å². The predicted octanol–water partition coefficient (Wildman–Crippen LogP) is 2.91. The number of likely N-dealkylation sites (N-methyl/N-ethyl adjacent to an activating group) is 1. The Morgan fingerprint density at radius 2 is 2.12 bits per heavy atom. The first-order valence-corrected chi connectivity index (χ1v) is 8.27. The Labute approximate surface area is 151 Å². The van der Waals surface area contributed by atoms with Crippen molar-refractivity contribution in [2.45, 2.75) is 6.92 Å². The number of hydrogen-bond acceptors (Lipinski definition) is 6. The summed E-state index contributed by atoms with van der Waals surface area (Å²) in [5.41, 5.74) is 7.94. The van der Waals surface area contributed by atoms with Gasteiger partial charge < -0.3 is 25.1 Å². The smallest absolute Gasteiger partial charge is 0.294 e. The minimum Gasteiger partial charge on any atom is -0.492 e. The molecule has 0 atom stereocenters. The zero-order chi connectivity index (χ0) is 18.7. The first kappa shape index (κ1) is 17.8.